The Labute approximate surface area is 113 Å². The highest BCUT2D eigenvalue weighted by molar-refractivity contribution is 8.03. The Hall–Kier alpha value is -2.01. The molecule has 1 atom stereocenters. The third-order valence-corrected chi connectivity index (χ3v) is 4.11. The highest BCUT2D eigenvalue weighted by Crippen LogP contribution is 2.25. The molecule has 4 nitrogen and oxygen atoms in total. The molecule has 2 aromatic rings. The fourth-order valence-electron chi connectivity index (χ4n) is 2.05. The lowest BCUT2D eigenvalue weighted by atomic mass is 10.1. The van der Waals surface area contributed by atoms with Crippen molar-refractivity contribution < 1.29 is 4.79 Å². The first kappa shape index (κ1) is 12.0. The van der Waals surface area contributed by atoms with Gasteiger partial charge in [0, 0.05) is 17.3 Å². The van der Waals surface area contributed by atoms with Gasteiger partial charge in [-0.15, -0.1) is 11.8 Å². The third kappa shape index (κ3) is 2.42. The van der Waals surface area contributed by atoms with Crippen molar-refractivity contribution in [3.63, 3.8) is 0 Å². The van der Waals surface area contributed by atoms with Crippen molar-refractivity contribution in [1.29, 1.82) is 0 Å². The molecule has 1 aliphatic rings. The summed E-state index contributed by atoms with van der Waals surface area (Å²) in [6, 6.07) is 7.11. The number of fused-ring (bicyclic) bond motifs is 1. The molecule has 96 valence electrons. The molecule has 1 aliphatic heterocycles. The second-order valence-corrected chi connectivity index (χ2v) is 5.44. The smallest absolute Gasteiger partial charge is 0.255 e. The molecule has 1 amide bonds. The normalized spacial score (nSPS) is 17.8. The predicted octanol–water partition coefficient (Wildman–Crippen LogP) is 2.49. The number of thioether (sulfide) groups is 1. The highest BCUT2D eigenvalue weighted by Gasteiger charge is 2.19. The molecule has 2 N–H and O–H groups in total. The first-order chi connectivity index (χ1) is 9.24. The lowest BCUT2D eigenvalue weighted by Crippen LogP contribution is -2.23. The van der Waals surface area contributed by atoms with E-state index in [1.807, 2.05) is 23.6 Å². The highest BCUT2D eigenvalue weighted by atomic mass is 32.2. The molecule has 19 heavy (non-hydrogen) atoms. The van der Waals surface area contributed by atoms with Crippen molar-refractivity contribution in [3.8, 4) is 0 Å². The van der Waals surface area contributed by atoms with Crippen LogP contribution >= 0.6 is 11.8 Å². The van der Waals surface area contributed by atoms with Crippen LogP contribution in [0, 0.1) is 0 Å². The summed E-state index contributed by atoms with van der Waals surface area (Å²) >= 11 is 1.53. The van der Waals surface area contributed by atoms with Crippen LogP contribution in [0.4, 0.5) is 5.69 Å². The van der Waals surface area contributed by atoms with Gasteiger partial charge in [0.15, 0.2) is 0 Å². The molecule has 0 aliphatic carbocycles. The standard InChI is InChI=1S/C14H12N2O2S/c17-13-11-4-3-10(8-9(11)5-6-15-13)16-14(18)12-2-1-7-19-12/h1,3-8,12H,2H2,(H,15,17)(H,16,18). The van der Waals surface area contributed by atoms with Crippen LogP contribution in [-0.2, 0) is 4.79 Å². The summed E-state index contributed by atoms with van der Waals surface area (Å²) < 4.78 is 0. The first-order valence-electron chi connectivity index (χ1n) is 5.97. The van der Waals surface area contributed by atoms with Gasteiger partial charge in [-0.25, -0.2) is 0 Å². The Morgan fingerprint density at radius 2 is 2.26 bits per heavy atom. The van der Waals surface area contributed by atoms with Crippen molar-refractivity contribution in [2.75, 3.05) is 5.32 Å². The van der Waals surface area contributed by atoms with Gasteiger partial charge >= 0.3 is 0 Å². The van der Waals surface area contributed by atoms with Crippen LogP contribution < -0.4 is 10.9 Å². The molecule has 2 heterocycles. The maximum absolute atomic E-state index is 12.0. The van der Waals surface area contributed by atoms with E-state index in [0.29, 0.717) is 5.39 Å². The monoisotopic (exact) mass is 272 g/mol. The number of pyridine rings is 1. The molecule has 1 aromatic heterocycles. The minimum atomic E-state index is -0.120. The number of allylic oxidation sites excluding steroid dienone is 1. The van der Waals surface area contributed by atoms with Crippen LogP contribution in [0.1, 0.15) is 6.42 Å². The Bertz CT molecular complexity index is 713. The lowest BCUT2D eigenvalue weighted by molar-refractivity contribution is -0.115. The number of hydrogen-bond acceptors (Lipinski definition) is 3. The van der Waals surface area contributed by atoms with E-state index in [9.17, 15) is 9.59 Å². The van der Waals surface area contributed by atoms with Gasteiger partial charge in [0.2, 0.25) is 5.91 Å². The molecule has 5 heteroatoms. The minimum Gasteiger partial charge on any atom is -0.329 e. The van der Waals surface area contributed by atoms with Crippen LogP contribution in [0.15, 0.2) is 46.7 Å². The SMILES string of the molecule is O=C(Nc1ccc2c(=O)[nH]ccc2c1)C1CC=CS1. The number of anilines is 1. The number of rotatable bonds is 2. The summed E-state index contributed by atoms with van der Waals surface area (Å²) in [6.45, 7) is 0. The molecule has 0 bridgehead atoms. The topological polar surface area (TPSA) is 62.0 Å². The summed E-state index contributed by atoms with van der Waals surface area (Å²) in [5.41, 5.74) is 0.599. The second kappa shape index (κ2) is 4.93. The van der Waals surface area contributed by atoms with Crippen LogP contribution in [0.25, 0.3) is 10.8 Å². The summed E-state index contributed by atoms with van der Waals surface area (Å²) in [6.07, 6.45) is 4.37. The zero-order chi connectivity index (χ0) is 13.2. The number of amides is 1. The van der Waals surface area contributed by atoms with E-state index in [-0.39, 0.29) is 16.7 Å². The third-order valence-electron chi connectivity index (χ3n) is 3.02. The number of benzene rings is 1. The molecule has 0 spiro atoms. The van der Waals surface area contributed by atoms with Gasteiger partial charge in [-0.2, -0.15) is 0 Å². The molecule has 0 saturated carbocycles. The maximum atomic E-state index is 12.0. The lowest BCUT2D eigenvalue weighted by Gasteiger charge is -2.10. The molecule has 0 saturated heterocycles. The van der Waals surface area contributed by atoms with Gasteiger partial charge < -0.3 is 10.3 Å². The van der Waals surface area contributed by atoms with Crippen LogP contribution in [0.2, 0.25) is 0 Å². The average Bonchev–Trinajstić information content (AvgIpc) is 2.93. The summed E-state index contributed by atoms with van der Waals surface area (Å²) in [7, 11) is 0. The summed E-state index contributed by atoms with van der Waals surface area (Å²) in [5.74, 6) is -0.000749. The van der Waals surface area contributed by atoms with Crippen molar-refractivity contribution in [2.45, 2.75) is 11.7 Å². The predicted molar refractivity (Wildman–Crippen MR) is 78.3 cm³/mol. The van der Waals surface area contributed by atoms with Gasteiger partial charge in [0.25, 0.3) is 5.56 Å². The average molecular weight is 272 g/mol. The van der Waals surface area contributed by atoms with E-state index in [1.165, 1.54) is 11.8 Å². The zero-order valence-electron chi connectivity index (χ0n) is 10.1. The number of aromatic amines is 1. The van der Waals surface area contributed by atoms with Crippen LogP contribution in [-0.4, -0.2) is 16.1 Å². The minimum absolute atomic E-state index is 0.000749. The summed E-state index contributed by atoms with van der Waals surface area (Å²) in [5, 5.41) is 6.23. The Balaban J connectivity index is 1.85. The van der Waals surface area contributed by atoms with Crippen molar-refractivity contribution >= 4 is 34.1 Å². The molecular weight excluding hydrogens is 260 g/mol. The van der Waals surface area contributed by atoms with Crippen molar-refractivity contribution in [3.05, 3.63) is 52.3 Å². The number of carbonyl (C=O) groups excluding carboxylic acids is 1. The van der Waals surface area contributed by atoms with Gasteiger partial charge in [-0.1, -0.05) is 6.08 Å². The van der Waals surface area contributed by atoms with Gasteiger partial charge in [0.1, 0.15) is 0 Å². The molecule has 1 unspecified atom stereocenters. The fraction of sp³-hybridized carbons (Fsp3) is 0.143. The second-order valence-electron chi connectivity index (χ2n) is 4.33. The van der Waals surface area contributed by atoms with E-state index >= 15 is 0 Å². The van der Waals surface area contributed by atoms with E-state index in [4.69, 9.17) is 0 Å². The first-order valence-corrected chi connectivity index (χ1v) is 6.91. The van der Waals surface area contributed by atoms with Crippen molar-refractivity contribution in [2.24, 2.45) is 0 Å². The zero-order valence-corrected chi connectivity index (χ0v) is 10.9. The van der Waals surface area contributed by atoms with Gasteiger partial charge in [-0.05, 0) is 41.5 Å². The van der Waals surface area contributed by atoms with Crippen molar-refractivity contribution in [1.82, 2.24) is 4.98 Å². The number of aromatic nitrogens is 1. The van der Waals surface area contributed by atoms with Gasteiger partial charge in [-0.3, -0.25) is 9.59 Å². The van der Waals surface area contributed by atoms with E-state index in [0.717, 1.165) is 17.5 Å². The summed E-state index contributed by atoms with van der Waals surface area (Å²) in [4.78, 5) is 26.2. The number of hydrogen-bond donors (Lipinski definition) is 2. The maximum Gasteiger partial charge on any atom is 0.255 e. The molecule has 3 rings (SSSR count). The van der Waals surface area contributed by atoms with Gasteiger partial charge in [0.05, 0.1) is 5.25 Å². The largest absolute Gasteiger partial charge is 0.329 e. The molecule has 1 aromatic carbocycles. The number of carbonyl (C=O) groups is 1. The number of H-pyrrole nitrogens is 1. The van der Waals surface area contributed by atoms with Crippen LogP contribution in [0.3, 0.4) is 0 Å². The Kier molecular flexibility index (Phi) is 3.13. The van der Waals surface area contributed by atoms with E-state index in [2.05, 4.69) is 10.3 Å². The fourth-order valence-corrected chi connectivity index (χ4v) is 2.86. The van der Waals surface area contributed by atoms with Crippen LogP contribution in [0.5, 0.6) is 0 Å². The molecule has 0 radical (unpaired) electrons. The number of nitrogens with one attached hydrogen (secondary N) is 2. The Morgan fingerprint density at radius 1 is 1.37 bits per heavy atom. The van der Waals surface area contributed by atoms with E-state index in [1.54, 1.807) is 18.3 Å². The van der Waals surface area contributed by atoms with E-state index < -0.39 is 0 Å². The Morgan fingerprint density at radius 3 is 3.05 bits per heavy atom. The quantitative estimate of drug-likeness (QED) is 0.883. The molecule has 0 fully saturated rings. The molecular formula is C14H12N2O2S.